The largest absolute Gasteiger partial charge is 0.354 e. The molecule has 1 fully saturated rings. The number of nitrogens with zero attached hydrogens (tertiary/aromatic N) is 5. The molecular weight excluding hydrogens is 364 g/mol. The summed E-state index contributed by atoms with van der Waals surface area (Å²) >= 11 is 0. The van der Waals surface area contributed by atoms with Crippen molar-refractivity contribution in [3.05, 3.63) is 61.1 Å². The molecular formula is C22H26N6O. The molecule has 3 aromatic rings. The molecule has 0 saturated carbocycles. The fourth-order valence-electron chi connectivity index (χ4n) is 3.51. The number of aromatic nitrogens is 3. The second-order valence-electron chi connectivity index (χ2n) is 7.38. The van der Waals surface area contributed by atoms with Crippen molar-refractivity contribution in [3.63, 3.8) is 0 Å². The molecule has 150 valence electrons. The SMILES string of the molecule is CC(C(=O)Nc1ccnc(N2CCN(C)CC2)c1)n1ccnc1-c1ccccc1. The van der Waals surface area contributed by atoms with Crippen LogP contribution >= 0.6 is 0 Å². The minimum absolute atomic E-state index is 0.0873. The number of imidazole rings is 1. The smallest absolute Gasteiger partial charge is 0.247 e. The van der Waals surface area contributed by atoms with Crippen LogP contribution in [0.15, 0.2) is 61.1 Å². The van der Waals surface area contributed by atoms with Crippen LogP contribution in [0.1, 0.15) is 13.0 Å². The van der Waals surface area contributed by atoms with Crippen LogP contribution in [-0.2, 0) is 4.79 Å². The van der Waals surface area contributed by atoms with Gasteiger partial charge in [0.25, 0.3) is 0 Å². The Hall–Kier alpha value is -3.19. The highest BCUT2D eigenvalue weighted by Gasteiger charge is 2.20. The van der Waals surface area contributed by atoms with Gasteiger partial charge in [-0.1, -0.05) is 30.3 Å². The Morgan fingerprint density at radius 3 is 2.55 bits per heavy atom. The summed E-state index contributed by atoms with van der Waals surface area (Å²) in [6, 6.07) is 13.3. The van der Waals surface area contributed by atoms with Crippen molar-refractivity contribution in [1.82, 2.24) is 19.4 Å². The predicted molar refractivity (Wildman–Crippen MR) is 115 cm³/mol. The summed E-state index contributed by atoms with van der Waals surface area (Å²) in [4.78, 5) is 26.4. The predicted octanol–water partition coefficient (Wildman–Crippen LogP) is 2.90. The first-order chi connectivity index (χ1) is 14.1. The number of carbonyl (C=O) groups excluding carboxylic acids is 1. The van der Waals surface area contributed by atoms with Crippen molar-refractivity contribution >= 4 is 17.4 Å². The van der Waals surface area contributed by atoms with Gasteiger partial charge < -0.3 is 19.7 Å². The number of hydrogen-bond donors (Lipinski definition) is 1. The lowest BCUT2D eigenvalue weighted by Gasteiger charge is -2.33. The number of piperazine rings is 1. The topological polar surface area (TPSA) is 66.3 Å². The van der Waals surface area contributed by atoms with Gasteiger partial charge in [0.1, 0.15) is 17.7 Å². The van der Waals surface area contributed by atoms with Crippen molar-refractivity contribution in [1.29, 1.82) is 0 Å². The summed E-state index contributed by atoms with van der Waals surface area (Å²) in [7, 11) is 2.13. The van der Waals surface area contributed by atoms with E-state index in [1.54, 1.807) is 12.4 Å². The third kappa shape index (κ3) is 4.30. The van der Waals surface area contributed by atoms with Gasteiger partial charge in [0, 0.05) is 62.1 Å². The molecule has 29 heavy (non-hydrogen) atoms. The van der Waals surface area contributed by atoms with Gasteiger partial charge in [-0.3, -0.25) is 4.79 Å². The van der Waals surface area contributed by atoms with Gasteiger partial charge in [-0.25, -0.2) is 9.97 Å². The number of pyridine rings is 1. The highest BCUT2D eigenvalue weighted by molar-refractivity contribution is 5.94. The van der Waals surface area contributed by atoms with E-state index in [2.05, 4.69) is 32.1 Å². The minimum atomic E-state index is -0.395. The fraction of sp³-hybridized carbons (Fsp3) is 0.318. The van der Waals surface area contributed by atoms with E-state index in [0.717, 1.165) is 49.1 Å². The van der Waals surface area contributed by atoms with Gasteiger partial charge in [-0.15, -0.1) is 0 Å². The van der Waals surface area contributed by atoms with Crippen LogP contribution in [0.25, 0.3) is 11.4 Å². The van der Waals surface area contributed by atoms with Crippen molar-refractivity contribution in [3.8, 4) is 11.4 Å². The molecule has 7 heteroatoms. The van der Waals surface area contributed by atoms with Crippen LogP contribution < -0.4 is 10.2 Å². The average molecular weight is 390 g/mol. The Labute approximate surface area is 171 Å². The second kappa shape index (κ2) is 8.45. The molecule has 3 heterocycles. The molecule has 0 radical (unpaired) electrons. The Bertz CT molecular complexity index is 962. The lowest BCUT2D eigenvalue weighted by molar-refractivity contribution is -0.118. The molecule has 7 nitrogen and oxygen atoms in total. The van der Waals surface area contributed by atoms with E-state index in [1.165, 1.54) is 0 Å². The number of likely N-dealkylation sites (N-methyl/N-ethyl adjacent to an activating group) is 1. The van der Waals surface area contributed by atoms with Crippen LogP contribution in [-0.4, -0.2) is 58.6 Å². The number of rotatable bonds is 5. The highest BCUT2D eigenvalue weighted by Crippen LogP contribution is 2.23. The lowest BCUT2D eigenvalue weighted by atomic mass is 10.2. The van der Waals surface area contributed by atoms with Crippen molar-refractivity contribution in [2.45, 2.75) is 13.0 Å². The van der Waals surface area contributed by atoms with Crippen LogP contribution in [0.4, 0.5) is 11.5 Å². The van der Waals surface area contributed by atoms with Gasteiger partial charge in [-0.2, -0.15) is 0 Å². The Morgan fingerprint density at radius 2 is 1.79 bits per heavy atom. The average Bonchev–Trinajstić information content (AvgIpc) is 3.24. The third-order valence-corrected chi connectivity index (χ3v) is 5.34. The van der Waals surface area contributed by atoms with Crippen LogP contribution in [0.5, 0.6) is 0 Å². The Morgan fingerprint density at radius 1 is 1.03 bits per heavy atom. The van der Waals surface area contributed by atoms with Gasteiger partial charge >= 0.3 is 0 Å². The van der Waals surface area contributed by atoms with E-state index in [0.29, 0.717) is 0 Å². The third-order valence-electron chi connectivity index (χ3n) is 5.34. The number of benzene rings is 1. The lowest BCUT2D eigenvalue weighted by Crippen LogP contribution is -2.44. The molecule has 1 amide bonds. The summed E-state index contributed by atoms with van der Waals surface area (Å²) < 4.78 is 1.90. The number of amides is 1. The van der Waals surface area contributed by atoms with Crippen LogP contribution in [0.3, 0.4) is 0 Å². The monoisotopic (exact) mass is 390 g/mol. The van der Waals surface area contributed by atoms with Crippen LogP contribution in [0, 0.1) is 0 Å². The first kappa shape index (κ1) is 19.1. The molecule has 0 aliphatic carbocycles. The fourth-order valence-corrected chi connectivity index (χ4v) is 3.51. The summed E-state index contributed by atoms with van der Waals surface area (Å²) in [6.07, 6.45) is 5.32. The maximum Gasteiger partial charge on any atom is 0.247 e. The molecule has 1 unspecified atom stereocenters. The first-order valence-corrected chi connectivity index (χ1v) is 9.90. The maximum atomic E-state index is 12.9. The van der Waals surface area contributed by atoms with Crippen molar-refractivity contribution < 1.29 is 4.79 Å². The zero-order valence-electron chi connectivity index (χ0n) is 16.8. The van der Waals surface area contributed by atoms with E-state index in [9.17, 15) is 4.79 Å². The second-order valence-corrected chi connectivity index (χ2v) is 7.38. The molecule has 4 rings (SSSR count). The maximum absolute atomic E-state index is 12.9. The van der Waals surface area contributed by atoms with Gasteiger partial charge in [0.15, 0.2) is 0 Å². The number of nitrogens with one attached hydrogen (secondary N) is 1. The Balaban J connectivity index is 1.48. The molecule has 1 aliphatic rings. The van der Waals surface area contributed by atoms with Gasteiger partial charge in [-0.05, 0) is 20.0 Å². The zero-order chi connectivity index (χ0) is 20.2. The molecule has 1 aromatic carbocycles. The molecule has 0 spiro atoms. The first-order valence-electron chi connectivity index (χ1n) is 9.90. The molecule has 0 bridgehead atoms. The number of anilines is 2. The Kier molecular flexibility index (Phi) is 5.57. The molecule has 1 N–H and O–H groups in total. The van der Waals surface area contributed by atoms with Crippen molar-refractivity contribution in [2.24, 2.45) is 0 Å². The van der Waals surface area contributed by atoms with E-state index in [-0.39, 0.29) is 5.91 Å². The number of carbonyl (C=O) groups is 1. The summed E-state index contributed by atoms with van der Waals surface area (Å²) in [6.45, 7) is 5.78. The normalized spacial score (nSPS) is 15.9. The highest BCUT2D eigenvalue weighted by atomic mass is 16.2. The quantitative estimate of drug-likeness (QED) is 0.726. The van der Waals surface area contributed by atoms with Gasteiger partial charge in [0.05, 0.1) is 0 Å². The summed E-state index contributed by atoms with van der Waals surface area (Å²) in [5, 5.41) is 3.03. The van der Waals surface area contributed by atoms with E-state index >= 15 is 0 Å². The molecule has 1 aliphatic heterocycles. The standard InChI is InChI=1S/C22H26N6O/c1-17(28-11-10-24-21(28)18-6-4-3-5-7-18)22(29)25-19-8-9-23-20(16-19)27-14-12-26(2)13-15-27/h3-11,16-17H,12-15H2,1-2H3,(H,23,25,29). The summed E-state index contributed by atoms with van der Waals surface area (Å²) in [5.74, 6) is 1.59. The molecule has 1 saturated heterocycles. The summed E-state index contributed by atoms with van der Waals surface area (Å²) in [5.41, 5.74) is 1.74. The van der Waals surface area contributed by atoms with Crippen LogP contribution in [0.2, 0.25) is 0 Å². The van der Waals surface area contributed by atoms with E-state index < -0.39 is 6.04 Å². The van der Waals surface area contributed by atoms with Gasteiger partial charge in [0.2, 0.25) is 5.91 Å². The minimum Gasteiger partial charge on any atom is -0.354 e. The number of hydrogen-bond acceptors (Lipinski definition) is 5. The van der Waals surface area contributed by atoms with Crippen molar-refractivity contribution in [2.75, 3.05) is 43.4 Å². The zero-order valence-corrected chi connectivity index (χ0v) is 16.8. The van der Waals surface area contributed by atoms with E-state index in [1.807, 2.05) is 60.2 Å². The van der Waals surface area contributed by atoms with E-state index in [4.69, 9.17) is 0 Å². The molecule has 1 atom stereocenters. The molecule has 2 aromatic heterocycles.